The quantitative estimate of drug-likeness (QED) is 0.0845. The highest BCUT2D eigenvalue weighted by molar-refractivity contribution is 5.97. The second-order valence-electron chi connectivity index (χ2n) is 7.86. The Hall–Kier alpha value is -2.89. The van der Waals surface area contributed by atoms with Gasteiger partial charge in [-0.05, 0) is 31.5 Å². The van der Waals surface area contributed by atoms with E-state index in [1.54, 1.807) is 21.0 Å². The van der Waals surface area contributed by atoms with Crippen molar-refractivity contribution in [2.45, 2.75) is 44.9 Å². The lowest BCUT2D eigenvalue weighted by Crippen LogP contribution is -2.66. The average Bonchev–Trinajstić information content (AvgIpc) is 2.71. The van der Waals surface area contributed by atoms with Gasteiger partial charge in [-0.1, -0.05) is 0 Å². The number of nitro benzene ring substituents is 1. The van der Waals surface area contributed by atoms with E-state index >= 15 is 0 Å². The Labute approximate surface area is 185 Å². The van der Waals surface area contributed by atoms with Crippen LogP contribution in [0.25, 0.3) is 0 Å². The number of benzene rings is 1. The molecule has 0 aliphatic carbocycles. The first-order chi connectivity index (χ1) is 15.1. The molecule has 1 saturated heterocycles. The number of amides is 1. The topological polar surface area (TPSA) is 143 Å². The summed E-state index contributed by atoms with van der Waals surface area (Å²) in [4.78, 5) is 46.4. The van der Waals surface area contributed by atoms with Crippen LogP contribution >= 0.6 is 0 Å². The van der Waals surface area contributed by atoms with Crippen molar-refractivity contribution in [3.05, 3.63) is 39.9 Å². The van der Waals surface area contributed by atoms with Crippen LogP contribution in [0, 0.1) is 16.0 Å². The molecule has 1 fully saturated rings. The number of Topliss-reactive ketones (excluding diaryl/α,β-unsaturated/α-hetero) is 1. The van der Waals surface area contributed by atoms with Gasteiger partial charge in [-0.25, -0.2) is 0 Å². The van der Waals surface area contributed by atoms with E-state index in [1.807, 2.05) is 0 Å². The number of nitrogens with one attached hydrogen (secondary N) is 1. The van der Waals surface area contributed by atoms with Gasteiger partial charge in [-0.2, -0.15) is 0 Å². The number of hydrogen-bond acceptors (Lipinski definition) is 9. The molecule has 0 bridgehead atoms. The van der Waals surface area contributed by atoms with Crippen molar-refractivity contribution < 1.29 is 38.3 Å². The number of nitrogens with zero attached hydrogens (tertiary/aromatic N) is 1. The molecule has 0 aromatic heterocycles. The number of ether oxygens (including phenoxy) is 4. The zero-order valence-corrected chi connectivity index (χ0v) is 18.3. The summed E-state index contributed by atoms with van der Waals surface area (Å²) in [6, 6.07) is 5.11. The van der Waals surface area contributed by atoms with E-state index in [1.165, 1.54) is 24.3 Å². The van der Waals surface area contributed by atoms with Gasteiger partial charge in [0.25, 0.3) is 5.69 Å². The molecule has 32 heavy (non-hydrogen) atoms. The predicted molar refractivity (Wildman–Crippen MR) is 110 cm³/mol. The number of carbonyl (C=O) groups excluding carboxylic acids is 3. The number of methoxy groups -OCH3 is 1. The van der Waals surface area contributed by atoms with Crippen molar-refractivity contribution >= 4 is 23.3 Å². The Balaban J connectivity index is 1.76. The number of esters is 1. The Morgan fingerprint density at radius 2 is 1.88 bits per heavy atom. The number of β-lactam (4-membered cyclic amide) rings is 1. The highest BCUT2D eigenvalue weighted by Gasteiger charge is 2.50. The van der Waals surface area contributed by atoms with Gasteiger partial charge in [0.05, 0.1) is 35.7 Å². The fourth-order valence-electron chi connectivity index (χ4n) is 3.30. The van der Waals surface area contributed by atoms with E-state index in [4.69, 9.17) is 18.9 Å². The summed E-state index contributed by atoms with van der Waals surface area (Å²) in [6.07, 6.45) is -0.464. The monoisotopic (exact) mass is 452 g/mol. The van der Waals surface area contributed by atoms with Crippen LogP contribution in [0.2, 0.25) is 0 Å². The molecule has 1 aromatic carbocycles. The zero-order valence-electron chi connectivity index (χ0n) is 18.3. The van der Waals surface area contributed by atoms with Gasteiger partial charge < -0.3 is 24.3 Å². The van der Waals surface area contributed by atoms with Crippen LogP contribution in [0.5, 0.6) is 0 Å². The molecule has 1 amide bonds. The maximum Gasteiger partial charge on any atom is 0.313 e. The Morgan fingerprint density at radius 3 is 2.47 bits per heavy atom. The largest absolute Gasteiger partial charge is 0.460 e. The minimum absolute atomic E-state index is 0.0181. The molecule has 1 N–H and O–H groups in total. The van der Waals surface area contributed by atoms with Crippen LogP contribution in [0.15, 0.2) is 24.3 Å². The molecular weight excluding hydrogens is 424 g/mol. The van der Waals surface area contributed by atoms with Crippen LogP contribution in [-0.4, -0.2) is 61.3 Å². The van der Waals surface area contributed by atoms with Gasteiger partial charge in [-0.3, -0.25) is 24.5 Å². The van der Waals surface area contributed by atoms with E-state index in [0.717, 1.165) is 0 Å². The predicted octanol–water partition coefficient (Wildman–Crippen LogP) is 1.52. The van der Waals surface area contributed by atoms with Crippen LogP contribution in [0.1, 0.15) is 32.3 Å². The zero-order chi connectivity index (χ0) is 23.7. The Bertz CT molecular complexity index is 823. The maximum atomic E-state index is 12.3. The summed E-state index contributed by atoms with van der Waals surface area (Å²) in [5.74, 6) is -1.88. The van der Waals surface area contributed by atoms with Crippen molar-refractivity contribution in [1.29, 1.82) is 0 Å². The van der Waals surface area contributed by atoms with E-state index in [2.05, 4.69) is 5.32 Å². The summed E-state index contributed by atoms with van der Waals surface area (Å²) in [5.41, 5.74) is -0.369. The summed E-state index contributed by atoms with van der Waals surface area (Å²) in [7, 11) is 1.56. The number of nitro groups is 1. The molecule has 1 heterocycles. The Kier molecular flexibility index (Phi) is 9.24. The highest BCUT2D eigenvalue weighted by atomic mass is 16.7. The highest BCUT2D eigenvalue weighted by Crippen LogP contribution is 2.32. The van der Waals surface area contributed by atoms with E-state index in [-0.39, 0.29) is 37.2 Å². The van der Waals surface area contributed by atoms with Gasteiger partial charge in [0.15, 0.2) is 0 Å². The van der Waals surface area contributed by atoms with Crippen LogP contribution in [-0.2, 0) is 39.9 Å². The molecule has 1 aliphatic heterocycles. The summed E-state index contributed by atoms with van der Waals surface area (Å²) in [5, 5.41) is 13.3. The molecule has 0 radical (unpaired) electrons. The first kappa shape index (κ1) is 25.4. The molecule has 0 saturated carbocycles. The second-order valence-corrected chi connectivity index (χ2v) is 7.86. The van der Waals surface area contributed by atoms with E-state index < -0.39 is 34.9 Å². The Morgan fingerprint density at radius 1 is 1.19 bits per heavy atom. The SMILES string of the molecule is COCCOCOC(C)(C)[C@@H]1C(=O)N[C@@H]1CC(=O)CC(=O)OCc1ccc([N+](=O)[O-])cc1. The van der Waals surface area contributed by atoms with E-state index in [0.29, 0.717) is 18.8 Å². The summed E-state index contributed by atoms with van der Waals surface area (Å²) in [6.45, 7) is 4.14. The number of hydrogen-bond donors (Lipinski definition) is 1. The van der Waals surface area contributed by atoms with Crippen LogP contribution in [0.4, 0.5) is 5.69 Å². The van der Waals surface area contributed by atoms with Crippen LogP contribution in [0.3, 0.4) is 0 Å². The van der Waals surface area contributed by atoms with Gasteiger partial charge in [0.2, 0.25) is 5.91 Å². The molecule has 11 heteroatoms. The molecule has 11 nitrogen and oxygen atoms in total. The lowest BCUT2D eigenvalue weighted by Gasteiger charge is -2.45. The minimum Gasteiger partial charge on any atom is -0.460 e. The third-order valence-electron chi connectivity index (χ3n) is 5.04. The van der Waals surface area contributed by atoms with Crippen molar-refractivity contribution in [3.63, 3.8) is 0 Å². The lowest BCUT2D eigenvalue weighted by molar-refractivity contribution is -0.384. The molecular formula is C21H28N2O9. The number of rotatable bonds is 14. The molecule has 176 valence electrons. The molecule has 2 rings (SSSR count). The number of non-ortho nitro benzene ring substituents is 1. The molecule has 2 atom stereocenters. The summed E-state index contributed by atoms with van der Waals surface area (Å²) < 4.78 is 20.9. The van der Waals surface area contributed by atoms with Crippen molar-refractivity contribution in [1.82, 2.24) is 5.32 Å². The van der Waals surface area contributed by atoms with Crippen LogP contribution < -0.4 is 5.32 Å². The van der Waals surface area contributed by atoms with E-state index in [9.17, 15) is 24.5 Å². The normalized spacial score (nSPS) is 17.9. The molecule has 1 aromatic rings. The van der Waals surface area contributed by atoms with Crippen molar-refractivity contribution in [2.24, 2.45) is 5.92 Å². The standard InChI is InChI=1S/C21H28N2O9/c1-21(2,32-13-30-9-8-29-3)19-17(22-20(19)26)10-16(24)11-18(25)31-12-14-4-6-15(7-5-14)23(27)28/h4-7,17,19H,8-13H2,1-3H3,(H,22,26)/t17-,19+/m1/s1. The average molecular weight is 452 g/mol. The van der Waals surface area contributed by atoms with Crippen molar-refractivity contribution in [2.75, 3.05) is 27.1 Å². The second kappa shape index (κ2) is 11.7. The fraction of sp³-hybridized carbons (Fsp3) is 0.571. The van der Waals surface area contributed by atoms with Gasteiger partial charge in [-0.15, -0.1) is 0 Å². The minimum atomic E-state index is -0.864. The number of carbonyl (C=O) groups is 3. The van der Waals surface area contributed by atoms with Gasteiger partial charge in [0, 0.05) is 25.7 Å². The smallest absolute Gasteiger partial charge is 0.313 e. The molecule has 0 spiro atoms. The first-order valence-electron chi connectivity index (χ1n) is 10.1. The molecule has 1 aliphatic rings. The fourth-order valence-corrected chi connectivity index (χ4v) is 3.30. The molecule has 0 unspecified atom stereocenters. The third kappa shape index (κ3) is 7.36. The van der Waals surface area contributed by atoms with Gasteiger partial charge in [0.1, 0.15) is 25.6 Å². The number of ketones is 1. The first-order valence-corrected chi connectivity index (χ1v) is 10.1. The lowest BCUT2D eigenvalue weighted by atomic mass is 9.75. The van der Waals surface area contributed by atoms with Gasteiger partial charge >= 0.3 is 5.97 Å². The summed E-state index contributed by atoms with van der Waals surface area (Å²) >= 11 is 0. The van der Waals surface area contributed by atoms with Crippen molar-refractivity contribution in [3.8, 4) is 0 Å². The maximum absolute atomic E-state index is 12.3. The third-order valence-corrected chi connectivity index (χ3v) is 5.04.